The number of thiazole rings is 1. The molecule has 0 fully saturated rings. The zero-order chi connectivity index (χ0) is 15.7. The van der Waals surface area contributed by atoms with Gasteiger partial charge in [-0.15, -0.1) is 16.4 Å². The summed E-state index contributed by atoms with van der Waals surface area (Å²) in [7, 11) is 3.76. The fraction of sp³-hybridized carbons (Fsp3) is 0.600. The summed E-state index contributed by atoms with van der Waals surface area (Å²) in [4.78, 5) is 19.0. The van der Waals surface area contributed by atoms with E-state index in [2.05, 4.69) is 22.2 Å². The van der Waals surface area contributed by atoms with E-state index in [-0.39, 0.29) is 11.8 Å². The van der Waals surface area contributed by atoms with E-state index in [0.29, 0.717) is 6.54 Å². The molecule has 0 aromatic carbocycles. The van der Waals surface area contributed by atoms with Gasteiger partial charge < -0.3 is 4.90 Å². The van der Waals surface area contributed by atoms with Crippen molar-refractivity contribution in [3.05, 3.63) is 27.5 Å². The molecule has 2 aromatic heterocycles. The van der Waals surface area contributed by atoms with Gasteiger partial charge in [0.2, 0.25) is 5.91 Å². The zero-order valence-corrected chi connectivity index (χ0v) is 14.1. The van der Waals surface area contributed by atoms with Gasteiger partial charge in [0.1, 0.15) is 0 Å². The van der Waals surface area contributed by atoms with Crippen molar-refractivity contribution in [3.8, 4) is 0 Å². The second kappa shape index (κ2) is 6.16. The molecule has 0 radical (unpaired) electrons. The Kier molecular flexibility index (Phi) is 4.24. The maximum atomic E-state index is 12.7. The monoisotopic (exact) mass is 319 g/mol. The second-order valence-electron chi connectivity index (χ2n) is 5.83. The van der Waals surface area contributed by atoms with Crippen LogP contribution in [-0.2, 0) is 37.6 Å². The topological polar surface area (TPSA) is 63.9 Å². The molecule has 0 N–H and O–H groups in total. The molecule has 0 aliphatic heterocycles. The second-order valence-corrected chi connectivity index (χ2v) is 6.77. The van der Waals surface area contributed by atoms with E-state index >= 15 is 0 Å². The lowest BCUT2D eigenvalue weighted by molar-refractivity contribution is -0.135. The van der Waals surface area contributed by atoms with Gasteiger partial charge >= 0.3 is 0 Å². The maximum Gasteiger partial charge on any atom is 0.226 e. The Hall–Kier alpha value is -1.76. The normalized spacial score (nSPS) is 17.3. The Bertz CT molecular complexity index is 677. The largest absolute Gasteiger partial charge is 0.340 e. The highest BCUT2D eigenvalue weighted by atomic mass is 32.1. The van der Waals surface area contributed by atoms with Crippen molar-refractivity contribution in [2.75, 3.05) is 7.05 Å². The summed E-state index contributed by atoms with van der Waals surface area (Å²) in [5.41, 5.74) is 3.12. The van der Waals surface area contributed by atoms with E-state index in [0.717, 1.165) is 47.8 Å². The number of carbonyl (C=O) groups excluding carboxylic acids is 1. The number of aromatic nitrogens is 4. The molecule has 7 heteroatoms. The molecule has 6 nitrogen and oxygen atoms in total. The van der Waals surface area contributed by atoms with Crippen molar-refractivity contribution in [1.29, 1.82) is 0 Å². The lowest BCUT2D eigenvalue weighted by atomic mass is 9.88. The van der Waals surface area contributed by atoms with Crippen molar-refractivity contribution >= 4 is 17.2 Å². The summed E-state index contributed by atoms with van der Waals surface area (Å²) >= 11 is 1.66. The summed E-state index contributed by atoms with van der Waals surface area (Å²) in [6, 6.07) is 0. The molecular formula is C15H21N5OS. The number of fused-ring (bicyclic) bond motifs is 1. The fourth-order valence-electron chi connectivity index (χ4n) is 2.94. The highest BCUT2D eigenvalue weighted by Gasteiger charge is 2.30. The van der Waals surface area contributed by atoms with Gasteiger partial charge in [0.05, 0.1) is 28.6 Å². The molecule has 0 spiro atoms. The molecule has 1 atom stereocenters. The summed E-state index contributed by atoms with van der Waals surface area (Å²) in [6.45, 7) is 2.68. The average Bonchev–Trinajstić information content (AvgIpc) is 3.13. The minimum Gasteiger partial charge on any atom is -0.340 e. The number of nitrogens with zero attached hydrogens (tertiary/aromatic N) is 5. The molecule has 118 valence electrons. The van der Waals surface area contributed by atoms with Crippen LogP contribution in [0.4, 0.5) is 0 Å². The molecule has 3 rings (SSSR count). The number of aryl methyl sites for hydroxylation is 3. The molecule has 1 amide bonds. The number of amides is 1. The zero-order valence-electron chi connectivity index (χ0n) is 13.2. The van der Waals surface area contributed by atoms with E-state index in [1.54, 1.807) is 20.9 Å². The highest BCUT2D eigenvalue weighted by Crippen LogP contribution is 2.25. The first-order valence-corrected chi connectivity index (χ1v) is 8.52. The Morgan fingerprint density at radius 1 is 1.55 bits per heavy atom. The summed E-state index contributed by atoms with van der Waals surface area (Å²) in [6.07, 6.45) is 3.37. The summed E-state index contributed by atoms with van der Waals surface area (Å²) in [5, 5.41) is 11.4. The van der Waals surface area contributed by atoms with Gasteiger partial charge in [-0.2, -0.15) is 0 Å². The first kappa shape index (κ1) is 15.1. The molecule has 1 unspecified atom stereocenters. The quantitative estimate of drug-likeness (QED) is 0.858. The van der Waals surface area contributed by atoms with E-state index < -0.39 is 0 Å². The molecule has 2 aromatic rings. The van der Waals surface area contributed by atoms with Crippen molar-refractivity contribution in [2.24, 2.45) is 13.0 Å². The first-order valence-electron chi connectivity index (χ1n) is 7.64. The smallest absolute Gasteiger partial charge is 0.226 e. The molecule has 1 aliphatic rings. The van der Waals surface area contributed by atoms with Crippen molar-refractivity contribution in [2.45, 2.75) is 39.2 Å². The van der Waals surface area contributed by atoms with Gasteiger partial charge in [-0.25, -0.2) is 4.98 Å². The van der Waals surface area contributed by atoms with Crippen LogP contribution in [0.5, 0.6) is 0 Å². The van der Waals surface area contributed by atoms with Crippen LogP contribution >= 0.6 is 11.3 Å². The van der Waals surface area contributed by atoms with Crippen LogP contribution < -0.4 is 0 Å². The van der Waals surface area contributed by atoms with Gasteiger partial charge in [-0.1, -0.05) is 12.1 Å². The lowest BCUT2D eigenvalue weighted by Gasteiger charge is -2.25. The van der Waals surface area contributed by atoms with Crippen LogP contribution in [0.25, 0.3) is 0 Å². The molecule has 0 saturated carbocycles. The summed E-state index contributed by atoms with van der Waals surface area (Å²) in [5.74, 6) is 0.219. The van der Waals surface area contributed by atoms with Crippen LogP contribution in [0.3, 0.4) is 0 Å². The number of carbonyl (C=O) groups is 1. The molecule has 1 aliphatic carbocycles. The fourth-order valence-corrected chi connectivity index (χ4v) is 3.67. The SMILES string of the molecule is CCc1nc(CN(C)C(=O)C2CCc3nnn(C)c3C2)cs1. The van der Waals surface area contributed by atoms with E-state index in [9.17, 15) is 4.79 Å². The van der Waals surface area contributed by atoms with Crippen LogP contribution in [0.15, 0.2) is 5.38 Å². The van der Waals surface area contributed by atoms with Crippen molar-refractivity contribution in [3.63, 3.8) is 0 Å². The van der Waals surface area contributed by atoms with E-state index in [4.69, 9.17) is 0 Å². The molecule has 22 heavy (non-hydrogen) atoms. The highest BCUT2D eigenvalue weighted by molar-refractivity contribution is 7.09. The third-order valence-electron chi connectivity index (χ3n) is 4.22. The van der Waals surface area contributed by atoms with Crippen LogP contribution in [0.2, 0.25) is 0 Å². The van der Waals surface area contributed by atoms with Gasteiger partial charge in [0.15, 0.2) is 0 Å². The Morgan fingerprint density at radius 3 is 3.09 bits per heavy atom. The van der Waals surface area contributed by atoms with Crippen LogP contribution in [0.1, 0.15) is 35.4 Å². The van der Waals surface area contributed by atoms with Crippen LogP contribution in [-0.4, -0.2) is 37.8 Å². The third kappa shape index (κ3) is 2.90. The standard InChI is InChI=1S/C15H21N5OS/c1-4-14-16-11(9-22-14)8-19(2)15(21)10-5-6-12-13(7-10)20(3)18-17-12/h9-10H,4-8H2,1-3H3. The summed E-state index contributed by atoms with van der Waals surface area (Å²) < 4.78 is 1.79. The molecule has 0 bridgehead atoms. The molecular weight excluding hydrogens is 298 g/mol. The maximum absolute atomic E-state index is 12.7. The lowest BCUT2D eigenvalue weighted by Crippen LogP contribution is -2.35. The minimum absolute atomic E-state index is 0.0268. The average molecular weight is 319 g/mol. The predicted molar refractivity (Wildman–Crippen MR) is 84.5 cm³/mol. The Balaban J connectivity index is 1.65. The molecule has 0 saturated heterocycles. The van der Waals surface area contributed by atoms with Crippen molar-refractivity contribution in [1.82, 2.24) is 24.9 Å². The third-order valence-corrected chi connectivity index (χ3v) is 5.26. The van der Waals surface area contributed by atoms with E-state index in [1.807, 2.05) is 19.5 Å². The van der Waals surface area contributed by atoms with Crippen LogP contribution in [0, 0.1) is 5.92 Å². The van der Waals surface area contributed by atoms with Crippen molar-refractivity contribution < 1.29 is 4.79 Å². The Morgan fingerprint density at radius 2 is 2.36 bits per heavy atom. The van der Waals surface area contributed by atoms with Gasteiger partial charge in [0.25, 0.3) is 0 Å². The number of rotatable bonds is 4. The molecule has 2 heterocycles. The van der Waals surface area contributed by atoms with Gasteiger partial charge in [-0.05, 0) is 19.3 Å². The minimum atomic E-state index is 0.0268. The van der Waals surface area contributed by atoms with E-state index in [1.165, 1.54) is 0 Å². The number of hydrogen-bond donors (Lipinski definition) is 0. The Labute approximate surface area is 134 Å². The number of hydrogen-bond acceptors (Lipinski definition) is 5. The van der Waals surface area contributed by atoms with Gasteiger partial charge in [0, 0.05) is 31.8 Å². The predicted octanol–water partition coefficient (Wildman–Crippen LogP) is 1.60. The van der Waals surface area contributed by atoms with Gasteiger partial charge in [-0.3, -0.25) is 9.48 Å². The first-order chi connectivity index (χ1) is 10.6.